The zero-order valence-electron chi connectivity index (χ0n) is 12.5. The van der Waals surface area contributed by atoms with Crippen LogP contribution in [0.25, 0.3) is 0 Å². The highest BCUT2D eigenvalue weighted by molar-refractivity contribution is 5.98. The molecule has 5 nitrogen and oxygen atoms in total. The normalized spacial score (nSPS) is 13.1. The fraction of sp³-hybridized carbons (Fsp3) is 0.375. The molecule has 2 aromatic rings. The van der Waals surface area contributed by atoms with Gasteiger partial charge in [0, 0.05) is 19.0 Å². The standard InChI is InChI=1S/C16H20N4O/c1-3-4-9-15(21)20-11-12-10-17-19(2)16(12)18-13-7-5-6-8-14(13)20/h5-8,10,18H,3-4,9,11H2,1-2H3. The maximum atomic E-state index is 12.6. The number of rotatable bonds is 3. The summed E-state index contributed by atoms with van der Waals surface area (Å²) in [5.41, 5.74) is 2.93. The number of hydrogen-bond acceptors (Lipinski definition) is 3. The molecule has 1 amide bonds. The first-order chi connectivity index (χ1) is 10.2. The van der Waals surface area contributed by atoms with Gasteiger partial charge in [-0.3, -0.25) is 9.48 Å². The van der Waals surface area contributed by atoms with Gasteiger partial charge in [0.2, 0.25) is 5.91 Å². The number of aryl methyl sites for hydroxylation is 1. The molecule has 1 aliphatic rings. The Morgan fingerprint density at radius 2 is 2.19 bits per heavy atom. The summed E-state index contributed by atoms with van der Waals surface area (Å²) in [6, 6.07) is 7.93. The SMILES string of the molecule is CCCCC(=O)N1Cc2cnn(C)c2Nc2ccccc21. The molecule has 0 bridgehead atoms. The molecule has 0 fully saturated rings. The molecular formula is C16H20N4O. The maximum Gasteiger partial charge on any atom is 0.227 e. The number of unbranched alkanes of at least 4 members (excludes halogenated alkanes) is 1. The van der Waals surface area contributed by atoms with Gasteiger partial charge < -0.3 is 10.2 Å². The molecule has 1 aliphatic heterocycles. The summed E-state index contributed by atoms with van der Waals surface area (Å²) in [5, 5.41) is 7.68. The van der Waals surface area contributed by atoms with Gasteiger partial charge in [0.05, 0.1) is 24.1 Å². The minimum Gasteiger partial charge on any atom is -0.338 e. The summed E-state index contributed by atoms with van der Waals surface area (Å²) in [7, 11) is 1.91. The molecule has 5 heteroatoms. The molecule has 1 aromatic carbocycles. The van der Waals surface area contributed by atoms with Crippen molar-refractivity contribution >= 4 is 23.1 Å². The van der Waals surface area contributed by atoms with Crippen molar-refractivity contribution in [3.8, 4) is 0 Å². The first-order valence-electron chi connectivity index (χ1n) is 7.38. The number of hydrogen-bond donors (Lipinski definition) is 1. The van der Waals surface area contributed by atoms with E-state index in [0.717, 1.165) is 35.6 Å². The molecule has 1 aromatic heterocycles. The summed E-state index contributed by atoms with van der Waals surface area (Å²) in [4.78, 5) is 14.4. The number of para-hydroxylation sites is 2. The molecule has 3 rings (SSSR count). The Morgan fingerprint density at radius 1 is 1.38 bits per heavy atom. The molecule has 0 saturated carbocycles. The van der Waals surface area contributed by atoms with Gasteiger partial charge in [-0.25, -0.2) is 0 Å². The third-order valence-electron chi connectivity index (χ3n) is 3.84. The van der Waals surface area contributed by atoms with Crippen molar-refractivity contribution in [2.24, 2.45) is 7.05 Å². The van der Waals surface area contributed by atoms with Crippen LogP contribution in [0.4, 0.5) is 17.2 Å². The van der Waals surface area contributed by atoms with E-state index in [9.17, 15) is 4.79 Å². The van der Waals surface area contributed by atoms with Crippen LogP contribution in [0.1, 0.15) is 31.7 Å². The largest absolute Gasteiger partial charge is 0.338 e. The van der Waals surface area contributed by atoms with Gasteiger partial charge in [0.15, 0.2) is 0 Å². The second-order valence-electron chi connectivity index (χ2n) is 5.37. The number of amides is 1. The summed E-state index contributed by atoms with van der Waals surface area (Å²) in [5.74, 6) is 1.12. The van der Waals surface area contributed by atoms with Crippen molar-refractivity contribution in [1.82, 2.24) is 9.78 Å². The lowest BCUT2D eigenvalue weighted by molar-refractivity contribution is -0.118. The molecular weight excluding hydrogens is 264 g/mol. The molecule has 110 valence electrons. The van der Waals surface area contributed by atoms with Crippen molar-refractivity contribution in [3.05, 3.63) is 36.0 Å². The summed E-state index contributed by atoms with van der Waals surface area (Å²) < 4.78 is 1.81. The van der Waals surface area contributed by atoms with Crippen LogP contribution >= 0.6 is 0 Å². The third-order valence-corrected chi connectivity index (χ3v) is 3.84. The van der Waals surface area contributed by atoms with E-state index in [2.05, 4.69) is 17.3 Å². The second-order valence-corrected chi connectivity index (χ2v) is 5.37. The van der Waals surface area contributed by atoms with E-state index < -0.39 is 0 Å². The zero-order valence-corrected chi connectivity index (χ0v) is 12.5. The number of nitrogens with one attached hydrogen (secondary N) is 1. The fourth-order valence-electron chi connectivity index (χ4n) is 2.64. The highest BCUT2D eigenvalue weighted by Gasteiger charge is 2.25. The number of aromatic nitrogens is 2. The van der Waals surface area contributed by atoms with Gasteiger partial charge in [-0.05, 0) is 18.6 Å². The van der Waals surface area contributed by atoms with Crippen LogP contribution in [0, 0.1) is 0 Å². The lowest BCUT2D eigenvalue weighted by Gasteiger charge is -2.22. The van der Waals surface area contributed by atoms with E-state index >= 15 is 0 Å². The number of carbonyl (C=O) groups excluding carboxylic acids is 1. The number of carbonyl (C=O) groups is 1. The van der Waals surface area contributed by atoms with E-state index in [1.807, 2.05) is 47.1 Å². The Balaban J connectivity index is 2.01. The van der Waals surface area contributed by atoms with E-state index in [1.165, 1.54) is 0 Å². The first kappa shape index (κ1) is 13.7. The van der Waals surface area contributed by atoms with Crippen LogP contribution < -0.4 is 10.2 Å². The van der Waals surface area contributed by atoms with Crippen LogP contribution in [0.5, 0.6) is 0 Å². The lowest BCUT2D eigenvalue weighted by atomic mass is 10.2. The van der Waals surface area contributed by atoms with Crippen molar-refractivity contribution < 1.29 is 4.79 Å². The van der Waals surface area contributed by atoms with Gasteiger partial charge in [0.25, 0.3) is 0 Å². The Labute approximate surface area is 124 Å². The fourth-order valence-corrected chi connectivity index (χ4v) is 2.64. The summed E-state index contributed by atoms with van der Waals surface area (Å²) >= 11 is 0. The number of nitrogens with zero attached hydrogens (tertiary/aromatic N) is 3. The van der Waals surface area contributed by atoms with Gasteiger partial charge in [-0.15, -0.1) is 0 Å². The average molecular weight is 284 g/mol. The molecule has 1 N–H and O–H groups in total. The molecule has 0 unspecified atom stereocenters. The summed E-state index contributed by atoms with van der Waals surface area (Å²) in [6.45, 7) is 2.67. The van der Waals surface area contributed by atoms with Crippen molar-refractivity contribution in [2.75, 3.05) is 10.2 Å². The Bertz CT molecular complexity index is 662. The van der Waals surface area contributed by atoms with Crippen LogP contribution in [0.3, 0.4) is 0 Å². The van der Waals surface area contributed by atoms with Crippen molar-refractivity contribution in [2.45, 2.75) is 32.7 Å². The molecule has 0 atom stereocenters. The molecule has 0 saturated heterocycles. The smallest absolute Gasteiger partial charge is 0.227 e. The third kappa shape index (κ3) is 2.51. The molecule has 0 spiro atoms. The summed E-state index contributed by atoms with van der Waals surface area (Å²) in [6.07, 6.45) is 4.36. The van der Waals surface area contributed by atoms with Crippen molar-refractivity contribution in [3.63, 3.8) is 0 Å². The Kier molecular flexibility index (Phi) is 3.64. The number of benzene rings is 1. The number of fused-ring (bicyclic) bond motifs is 2. The van der Waals surface area contributed by atoms with Gasteiger partial charge >= 0.3 is 0 Å². The predicted molar refractivity (Wildman–Crippen MR) is 83.6 cm³/mol. The minimum atomic E-state index is 0.169. The van der Waals surface area contributed by atoms with Gasteiger partial charge in [-0.1, -0.05) is 25.5 Å². The van der Waals surface area contributed by atoms with Crippen LogP contribution in [-0.2, 0) is 18.4 Å². The zero-order chi connectivity index (χ0) is 14.8. The molecule has 0 aliphatic carbocycles. The highest BCUT2D eigenvalue weighted by atomic mass is 16.2. The Morgan fingerprint density at radius 3 is 3.00 bits per heavy atom. The predicted octanol–water partition coefficient (Wildman–Crippen LogP) is 3.20. The maximum absolute atomic E-state index is 12.6. The number of anilines is 3. The second kappa shape index (κ2) is 5.60. The van der Waals surface area contributed by atoms with Crippen LogP contribution in [0.15, 0.2) is 30.5 Å². The van der Waals surface area contributed by atoms with E-state index in [1.54, 1.807) is 0 Å². The van der Waals surface area contributed by atoms with Gasteiger partial charge in [0.1, 0.15) is 5.82 Å². The topological polar surface area (TPSA) is 50.2 Å². The van der Waals surface area contributed by atoms with E-state index in [4.69, 9.17) is 0 Å². The van der Waals surface area contributed by atoms with Crippen LogP contribution in [-0.4, -0.2) is 15.7 Å². The molecule has 21 heavy (non-hydrogen) atoms. The molecule has 0 radical (unpaired) electrons. The molecule has 2 heterocycles. The van der Waals surface area contributed by atoms with Crippen molar-refractivity contribution in [1.29, 1.82) is 0 Å². The van der Waals surface area contributed by atoms with E-state index in [0.29, 0.717) is 13.0 Å². The quantitative estimate of drug-likeness (QED) is 0.941. The lowest BCUT2D eigenvalue weighted by Crippen LogP contribution is -2.29. The minimum absolute atomic E-state index is 0.169. The monoisotopic (exact) mass is 284 g/mol. The first-order valence-corrected chi connectivity index (χ1v) is 7.38. The average Bonchev–Trinajstić information content (AvgIpc) is 2.75. The van der Waals surface area contributed by atoms with Crippen LogP contribution in [0.2, 0.25) is 0 Å². The Hall–Kier alpha value is -2.30. The highest BCUT2D eigenvalue weighted by Crippen LogP contribution is 2.35. The van der Waals surface area contributed by atoms with Gasteiger partial charge in [-0.2, -0.15) is 5.10 Å². The van der Waals surface area contributed by atoms with E-state index in [-0.39, 0.29) is 5.91 Å².